The van der Waals surface area contributed by atoms with Crippen LogP contribution in [0, 0.1) is 0 Å². The molecular weight excluding hydrogens is 330 g/mol. The molecule has 1 atom stereocenters. The zero-order chi connectivity index (χ0) is 18.6. The SMILES string of the molecule is CN=C(NCC(OC)c1ccccc1)N1CCC(OCCCOC)CC1. The molecule has 1 saturated heterocycles. The summed E-state index contributed by atoms with van der Waals surface area (Å²) in [7, 11) is 5.30. The lowest BCUT2D eigenvalue weighted by atomic mass is 10.1. The highest BCUT2D eigenvalue weighted by Gasteiger charge is 2.22. The molecule has 1 heterocycles. The van der Waals surface area contributed by atoms with Gasteiger partial charge < -0.3 is 24.4 Å². The van der Waals surface area contributed by atoms with Gasteiger partial charge in [0.2, 0.25) is 0 Å². The number of methoxy groups -OCH3 is 2. The molecule has 1 aromatic carbocycles. The number of ether oxygens (including phenoxy) is 3. The van der Waals surface area contributed by atoms with Gasteiger partial charge in [-0.3, -0.25) is 4.99 Å². The van der Waals surface area contributed by atoms with Gasteiger partial charge in [0.25, 0.3) is 0 Å². The Morgan fingerprint density at radius 3 is 2.54 bits per heavy atom. The van der Waals surface area contributed by atoms with Crippen LogP contribution < -0.4 is 5.32 Å². The van der Waals surface area contributed by atoms with Crippen LogP contribution in [0.4, 0.5) is 0 Å². The van der Waals surface area contributed by atoms with E-state index in [2.05, 4.69) is 27.3 Å². The predicted molar refractivity (Wildman–Crippen MR) is 105 cm³/mol. The van der Waals surface area contributed by atoms with Crippen molar-refractivity contribution < 1.29 is 14.2 Å². The molecule has 2 rings (SSSR count). The molecule has 1 aliphatic heterocycles. The van der Waals surface area contributed by atoms with Crippen molar-refractivity contribution >= 4 is 5.96 Å². The van der Waals surface area contributed by atoms with Crippen molar-refractivity contribution in [3.63, 3.8) is 0 Å². The minimum atomic E-state index is 0.00890. The number of aliphatic imine (C=N–C) groups is 1. The number of nitrogens with zero attached hydrogens (tertiary/aromatic N) is 2. The Kier molecular flexibility index (Phi) is 9.45. The van der Waals surface area contributed by atoms with Crippen LogP contribution >= 0.6 is 0 Å². The maximum atomic E-state index is 5.93. The first-order valence-corrected chi connectivity index (χ1v) is 9.42. The summed E-state index contributed by atoms with van der Waals surface area (Å²) in [5.74, 6) is 0.931. The molecule has 1 fully saturated rings. The number of hydrogen-bond acceptors (Lipinski definition) is 4. The van der Waals surface area contributed by atoms with Crippen molar-refractivity contribution in [1.29, 1.82) is 0 Å². The first kappa shape index (κ1) is 20.7. The molecule has 6 heteroatoms. The van der Waals surface area contributed by atoms with Crippen molar-refractivity contribution in [1.82, 2.24) is 10.2 Å². The molecule has 0 aromatic heterocycles. The third-order valence-corrected chi connectivity index (χ3v) is 4.70. The van der Waals surface area contributed by atoms with Crippen molar-refractivity contribution in [2.45, 2.75) is 31.5 Å². The summed E-state index contributed by atoms with van der Waals surface area (Å²) >= 11 is 0. The summed E-state index contributed by atoms with van der Waals surface area (Å²) in [5.41, 5.74) is 1.17. The topological polar surface area (TPSA) is 55.3 Å². The van der Waals surface area contributed by atoms with Gasteiger partial charge in [-0.05, 0) is 24.8 Å². The zero-order valence-corrected chi connectivity index (χ0v) is 16.3. The Balaban J connectivity index is 1.75. The van der Waals surface area contributed by atoms with Crippen LogP contribution in [0.15, 0.2) is 35.3 Å². The van der Waals surface area contributed by atoms with Crippen LogP contribution in [0.1, 0.15) is 30.9 Å². The average Bonchev–Trinajstić information content (AvgIpc) is 2.70. The summed E-state index contributed by atoms with van der Waals surface area (Å²) in [6.07, 6.45) is 3.37. The largest absolute Gasteiger partial charge is 0.385 e. The van der Waals surface area contributed by atoms with E-state index in [9.17, 15) is 0 Å². The van der Waals surface area contributed by atoms with Crippen molar-refractivity contribution in [2.75, 3.05) is 54.1 Å². The fraction of sp³-hybridized carbons (Fsp3) is 0.650. The van der Waals surface area contributed by atoms with Crippen molar-refractivity contribution in [2.24, 2.45) is 4.99 Å². The molecule has 0 amide bonds. The van der Waals surface area contributed by atoms with Crippen LogP contribution in [-0.4, -0.2) is 71.1 Å². The van der Waals surface area contributed by atoms with Gasteiger partial charge in [0, 0.05) is 54.1 Å². The summed E-state index contributed by atoms with van der Waals surface area (Å²) in [5, 5.41) is 3.46. The van der Waals surface area contributed by atoms with Crippen LogP contribution in [-0.2, 0) is 14.2 Å². The maximum absolute atomic E-state index is 5.93. The molecule has 0 aliphatic carbocycles. The van der Waals surface area contributed by atoms with Gasteiger partial charge in [-0.25, -0.2) is 0 Å². The van der Waals surface area contributed by atoms with Crippen molar-refractivity contribution in [3.8, 4) is 0 Å². The quantitative estimate of drug-likeness (QED) is 0.415. The van der Waals surface area contributed by atoms with Gasteiger partial charge in [-0.1, -0.05) is 30.3 Å². The van der Waals surface area contributed by atoms with E-state index in [1.807, 2.05) is 25.2 Å². The third-order valence-electron chi connectivity index (χ3n) is 4.70. The van der Waals surface area contributed by atoms with Gasteiger partial charge in [0.1, 0.15) is 0 Å². The van der Waals surface area contributed by atoms with Gasteiger partial charge >= 0.3 is 0 Å². The van der Waals surface area contributed by atoms with E-state index in [1.54, 1.807) is 14.2 Å². The van der Waals surface area contributed by atoms with Crippen molar-refractivity contribution in [3.05, 3.63) is 35.9 Å². The number of piperidine rings is 1. The summed E-state index contributed by atoms with van der Waals surface area (Å²) < 4.78 is 16.6. The lowest BCUT2D eigenvalue weighted by molar-refractivity contribution is 0.00974. The molecule has 0 bridgehead atoms. The summed E-state index contributed by atoms with van der Waals surface area (Å²) in [4.78, 5) is 6.74. The van der Waals surface area contributed by atoms with Gasteiger partial charge in [-0.15, -0.1) is 0 Å². The number of hydrogen-bond donors (Lipinski definition) is 1. The van der Waals surface area contributed by atoms with E-state index < -0.39 is 0 Å². The third kappa shape index (κ3) is 6.59. The highest BCUT2D eigenvalue weighted by atomic mass is 16.5. The van der Waals surface area contributed by atoms with E-state index >= 15 is 0 Å². The lowest BCUT2D eigenvalue weighted by Gasteiger charge is -2.34. The fourth-order valence-corrected chi connectivity index (χ4v) is 3.21. The number of guanidine groups is 1. The Morgan fingerprint density at radius 2 is 1.92 bits per heavy atom. The second-order valence-electron chi connectivity index (χ2n) is 6.47. The molecule has 1 N–H and O–H groups in total. The lowest BCUT2D eigenvalue weighted by Crippen LogP contribution is -2.48. The number of likely N-dealkylation sites (tertiary alicyclic amines) is 1. The predicted octanol–water partition coefficient (Wildman–Crippen LogP) is 2.47. The highest BCUT2D eigenvalue weighted by Crippen LogP contribution is 2.17. The zero-order valence-electron chi connectivity index (χ0n) is 16.3. The monoisotopic (exact) mass is 363 g/mol. The van der Waals surface area contributed by atoms with Crippen LogP contribution in [0.3, 0.4) is 0 Å². The highest BCUT2D eigenvalue weighted by molar-refractivity contribution is 5.80. The molecule has 26 heavy (non-hydrogen) atoms. The Hall–Kier alpha value is -1.63. The molecule has 1 unspecified atom stereocenters. The first-order valence-electron chi connectivity index (χ1n) is 9.42. The van der Waals surface area contributed by atoms with E-state index in [4.69, 9.17) is 14.2 Å². The maximum Gasteiger partial charge on any atom is 0.193 e. The summed E-state index contributed by atoms with van der Waals surface area (Å²) in [6.45, 7) is 4.14. The fourth-order valence-electron chi connectivity index (χ4n) is 3.21. The van der Waals surface area contributed by atoms with E-state index in [0.717, 1.165) is 51.5 Å². The number of rotatable bonds is 9. The Labute approximate surface area is 157 Å². The number of nitrogens with one attached hydrogen (secondary N) is 1. The van der Waals surface area contributed by atoms with Gasteiger partial charge in [0.15, 0.2) is 5.96 Å². The molecule has 0 spiro atoms. The minimum Gasteiger partial charge on any atom is -0.385 e. The first-order chi connectivity index (χ1) is 12.8. The van der Waals surface area contributed by atoms with E-state index in [-0.39, 0.29) is 6.10 Å². The molecule has 1 aromatic rings. The smallest absolute Gasteiger partial charge is 0.193 e. The number of benzene rings is 1. The Morgan fingerprint density at radius 1 is 1.19 bits per heavy atom. The summed E-state index contributed by atoms with van der Waals surface area (Å²) in [6, 6.07) is 10.3. The van der Waals surface area contributed by atoms with Gasteiger partial charge in [-0.2, -0.15) is 0 Å². The molecule has 6 nitrogen and oxygen atoms in total. The van der Waals surface area contributed by atoms with Crippen LogP contribution in [0.2, 0.25) is 0 Å². The standard InChI is InChI=1S/C20H33N3O3/c1-21-20(22-16-19(25-3)17-8-5-4-6-9-17)23-12-10-18(11-13-23)26-15-7-14-24-2/h4-6,8-9,18-19H,7,10-16H2,1-3H3,(H,21,22). The molecule has 1 aliphatic rings. The minimum absolute atomic E-state index is 0.00890. The normalized spacial score (nSPS) is 17.3. The second-order valence-corrected chi connectivity index (χ2v) is 6.47. The molecular formula is C20H33N3O3. The van der Waals surface area contributed by atoms with E-state index in [0.29, 0.717) is 12.6 Å². The average molecular weight is 364 g/mol. The Bertz CT molecular complexity index is 516. The van der Waals surface area contributed by atoms with Gasteiger partial charge in [0.05, 0.1) is 12.2 Å². The van der Waals surface area contributed by atoms with E-state index in [1.165, 1.54) is 5.56 Å². The molecule has 146 valence electrons. The molecule has 0 radical (unpaired) electrons. The van der Waals surface area contributed by atoms with Crippen LogP contribution in [0.25, 0.3) is 0 Å². The second kappa shape index (κ2) is 11.9. The molecule has 0 saturated carbocycles. The van der Waals surface area contributed by atoms with Crippen LogP contribution in [0.5, 0.6) is 0 Å².